The lowest BCUT2D eigenvalue weighted by Gasteiger charge is -2.31. The molecule has 2 rings (SSSR count). The molecule has 0 saturated heterocycles. The van der Waals surface area contributed by atoms with Crippen molar-refractivity contribution < 1.29 is 4.79 Å². The van der Waals surface area contributed by atoms with E-state index in [0.29, 0.717) is 10.0 Å². The smallest absolute Gasteiger partial charge is 0.186 e. The van der Waals surface area contributed by atoms with Crippen molar-refractivity contribution in [1.82, 2.24) is 0 Å². The Kier molecular flexibility index (Phi) is 6.23. The van der Waals surface area contributed by atoms with Crippen molar-refractivity contribution in [3.05, 3.63) is 68.9 Å². The second-order valence-corrected chi connectivity index (χ2v) is 9.76. The zero-order chi connectivity index (χ0) is 20.6. The Hall–Kier alpha value is -1.64. The number of benzene rings is 1. The van der Waals surface area contributed by atoms with Crippen LogP contribution in [-0.2, 0) is 4.79 Å². The van der Waals surface area contributed by atoms with E-state index in [1.807, 2.05) is 25.1 Å². The summed E-state index contributed by atoms with van der Waals surface area (Å²) < 4.78 is 0. The van der Waals surface area contributed by atoms with E-state index in [0.717, 1.165) is 28.0 Å². The van der Waals surface area contributed by atoms with Crippen molar-refractivity contribution in [2.24, 2.45) is 15.8 Å². The van der Waals surface area contributed by atoms with Crippen molar-refractivity contribution in [2.45, 2.75) is 48.5 Å². The summed E-state index contributed by atoms with van der Waals surface area (Å²) in [4.78, 5) is 17.6. The van der Waals surface area contributed by atoms with Crippen LogP contribution in [0.15, 0.2) is 58.3 Å². The average molecular weight is 404 g/mol. The summed E-state index contributed by atoms with van der Waals surface area (Å²) in [5.74, 6) is 0.119. The molecule has 2 nitrogen and oxygen atoms in total. The van der Waals surface area contributed by atoms with Crippen LogP contribution in [0, 0.1) is 10.8 Å². The number of aliphatic imine (C=N–C) groups is 1. The molecule has 0 aromatic heterocycles. The van der Waals surface area contributed by atoms with Gasteiger partial charge in [-0.05, 0) is 47.6 Å². The number of hydrogen-bond donors (Lipinski definition) is 0. The van der Waals surface area contributed by atoms with Crippen molar-refractivity contribution in [3.8, 4) is 0 Å². The van der Waals surface area contributed by atoms with Crippen molar-refractivity contribution >= 4 is 34.7 Å². The Morgan fingerprint density at radius 2 is 1.48 bits per heavy atom. The standard InChI is InChI=1S/C23H27Cl2NO/c1-14(17-9-8-16(24)12-20(17)25)26-13-15-10-18(22(2,3)4)21(27)19(11-15)23(5,6)7/h8-13H,1-7H3/b26-14-. The third-order valence-electron chi connectivity index (χ3n) is 4.46. The molecule has 0 saturated carbocycles. The second-order valence-electron chi connectivity index (χ2n) is 8.91. The quantitative estimate of drug-likeness (QED) is 0.479. The van der Waals surface area contributed by atoms with Crippen LogP contribution in [-0.4, -0.2) is 11.5 Å². The first-order valence-corrected chi connectivity index (χ1v) is 9.75. The number of halogens is 2. The molecule has 144 valence electrons. The van der Waals surface area contributed by atoms with E-state index in [4.69, 9.17) is 23.2 Å². The Morgan fingerprint density at radius 3 is 1.93 bits per heavy atom. The number of Topliss-reactive ketones (excluding diaryl/α,β-unsaturated/α-hetero) is 1. The van der Waals surface area contributed by atoms with Crippen LogP contribution in [0.3, 0.4) is 0 Å². The molecule has 1 aliphatic rings. The molecule has 0 heterocycles. The molecule has 0 radical (unpaired) electrons. The molecule has 1 aromatic carbocycles. The average Bonchev–Trinajstić information content (AvgIpc) is 2.51. The van der Waals surface area contributed by atoms with Crippen molar-refractivity contribution in [2.75, 3.05) is 0 Å². The maximum absolute atomic E-state index is 13.0. The second kappa shape index (κ2) is 7.77. The SMILES string of the molecule is C/C(=N/C=C1C=C(C(C)(C)C)C(=O)C(C(C)(C)C)=C1)c1ccc(Cl)cc1Cl. The summed E-state index contributed by atoms with van der Waals surface area (Å²) in [5, 5.41) is 1.16. The molecule has 0 aliphatic heterocycles. The highest BCUT2D eigenvalue weighted by Crippen LogP contribution is 2.38. The number of carbonyl (C=O) groups excluding carboxylic acids is 1. The number of allylic oxidation sites excluding steroid dienone is 5. The van der Waals surface area contributed by atoms with Crippen LogP contribution in [0.1, 0.15) is 54.0 Å². The lowest BCUT2D eigenvalue weighted by molar-refractivity contribution is -0.114. The van der Waals surface area contributed by atoms with E-state index < -0.39 is 0 Å². The Bertz CT molecular complexity index is 852. The Labute approximate surface area is 172 Å². The van der Waals surface area contributed by atoms with Crippen LogP contribution in [0.5, 0.6) is 0 Å². The van der Waals surface area contributed by atoms with Crippen molar-refractivity contribution in [3.63, 3.8) is 0 Å². The largest absolute Gasteiger partial charge is 0.289 e. The normalized spacial score (nSPS) is 16.3. The summed E-state index contributed by atoms with van der Waals surface area (Å²) in [6.45, 7) is 14.3. The molecular weight excluding hydrogens is 377 g/mol. The highest BCUT2D eigenvalue weighted by molar-refractivity contribution is 6.37. The third-order valence-corrected chi connectivity index (χ3v) is 5.00. The fraction of sp³-hybridized carbons (Fsp3) is 0.391. The number of nitrogens with zero attached hydrogens (tertiary/aromatic N) is 1. The van der Waals surface area contributed by atoms with Gasteiger partial charge in [-0.2, -0.15) is 0 Å². The predicted octanol–water partition coefficient (Wildman–Crippen LogP) is 7.21. The number of carbonyl (C=O) groups is 1. The number of rotatable bonds is 2. The highest BCUT2D eigenvalue weighted by Gasteiger charge is 2.33. The third kappa shape index (κ3) is 5.21. The zero-order valence-electron chi connectivity index (χ0n) is 17.1. The summed E-state index contributed by atoms with van der Waals surface area (Å²) in [6, 6.07) is 5.36. The molecular formula is C23H27Cl2NO. The van der Waals surface area contributed by atoms with Gasteiger partial charge in [-0.3, -0.25) is 9.79 Å². The summed E-state index contributed by atoms with van der Waals surface area (Å²) in [7, 11) is 0. The molecule has 0 unspecified atom stereocenters. The Morgan fingerprint density at radius 1 is 0.963 bits per heavy atom. The van der Waals surface area contributed by atoms with Gasteiger partial charge in [0.25, 0.3) is 0 Å². The van der Waals surface area contributed by atoms with Gasteiger partial charge >= 0.3 is 0 Å². The predicted molar refractivity (Wildman–Crippen MR) is 117 cm³/mol. The minimum atomic E-state index is -0.237. The monoisotopic (exact) mass is 403 g/mol. The van der Waals surface area contributed by atoms with Crippen LogP contribution in [0.25, 0.3) is 0 Å². The maximum atomic E-state index is 13.0. The van der Waals surface area contributed by atoms with E-state index in [2.05, 4.69) is 46.5 Å². The van der Waals surface area contributed by atoms with Gasteiger partial charge in [0.15, 0.2) is 5.78 Å². The number of hydrogen-bond acceptors (Lipinski definition) is 2. The van der Waals surface area contributed by atoms with Gasteiger partial charge in [-0.15, -0.1) is 0 Å². The first-order valence-electron chi connectivity index (χ1n) is 9.00. The van der Waals surface area contributed by atoms with Crippen molar-refractivity contribution in [1.29, 1.82) is 0 Å². The van der Waals surface area contributed by atoms with Crippen LogP contribution >= 0.6 is 23.2 Å². The summed E-state index contributed by atoms with van der Waals surface area (Å²) >= 11 is 12.2. The maximum Gasteiger partial charge on any atom is 0.186 e. The fourth-order valence-electron chi connectivity index (χ4n) is 2.86. The molecule has 0 atom stereocenters. The molecule has 0 amide bonds. The lowest BCUT2D eigenvalue weighted by atomic mass is 9.72. The Balaban J connectivity index is 2.51. The molecule has 4 heteroatoms. The summed E-state index contributed by atoms with van der Waals surface area (Å²) in [5.41, 5.74) is 3.67. The molecule has 0 bridgehead atoms. The first kappa shape index (κ1) is 21.7. The molecule has 0 N–H and O–H groups in total. The number of ketones is 1. The minimum Gasteiger partial charge on any atom is -0.289 e. The highest BCUT2D eigenvalue weighted by atomic mass is 35.5. The first-order chi connectivity index (χ1) is 12.3. The summed E-state index contributed by atoms with van der Waals surface area (Å²) in [6.07, 6.45) is 5.68. The molecule has 27 heavy (non-hydrogen) atoms. The molecule has 1 aliphatic carbocycles. The van der Waals surface area contributed by atoms with Gasteiger partial charge in [0, 0.05) is 33.6 Å². The van der Waals surface area contributed by atoms with Gasteiger partial charge in [0.1, 0.15) is 0 Å². The van der Waals surface area contributed by atoms with E-state index in [-0.39, 0.29) is 16.6 Å². The lowest BCUT2D eigenvalue weighted by Crippen LogP contribution is -2.27. The molecule has 0 fully saturated rings. The fourth-order valence-corrected chi connectivity index (χ4v) is 3.41. The van der Waals surface area contributed by atoms with Gasteiger partial charge in [0.2, 0.25) is 0 Å². The van der Waals surface area contributed by atoms with Gasteiger partial charge in [-0.25, -0.2) is 0 Å². The van der Waals surface area contributed by atoms with Crippen LogP contribution in [0.4, 0.5) is 0 Å². The topological polar surface area (TPSA) is 29.4 Å². The zero-order valence-corrected chi connectivity index (χ0v) is 18.6. The van der Waals surface area contributed by atoms with E-state index in [1.54, 1.807) is 18.3 Å². The van der Waals surface area contributed by atoms with Crippen LogP contribution < -0.4 is 0 Å². The molecule has 1 aromatic rings. The van der Waals surface area contributed by atoms with E-state index >= 15 is 0 Å². The van der Waals surface area contributed by atoms with Crippen LogP contribution in [0.2, 0.25) is 10.0 Å². The van der Waals surface area contributed by atoms with Gasteiger partial charge < -0.3 is 0 Å². The van der Waals surface area contributed by atoms with E-state index in [1.165, 1.54) is 0 Å². The van der Waals surface area contributed by atoms with Gasteiger partial charge in [0.05, 0.1) is 5.02 Å². The minimum absolute atomic E-state index is 0.119. The van der Waals surface area contributed by atoms with E-state index in [9.17, 15) is 4.79 Å². The van der Waals surface area contributed by atoms with Gasteiger partial charge in [-0.1, -0.05) is 70.8 Å². The molecule has 0 spiro atoms.